The molecule has 12 rings (SSSR count). The molecule has 12 bridgehead atoms. The van der Waals surface area contributed by atoms with E-state index in [4.69, 9.17) is 9.47 Å². The maximum atomic E-state index is 14.3. The van der Waals surface area contributed by atoms with E-state index in [1.54, 1.807) is 0 Å². The molecule has 12 fully saturated rings. The number of carbonyl (C=O) groups is 2. The molecular formula is C34H48O4. The molecule has 0 heterocycles. The van der Waals surface area contributed by atoms with Gasteiger partial charge in [0.05, 0.1) is 10.8 Å². The zero-order valence-corrected chi connectivity index (χ0v) is 23.7. The highest BCUT2D eigenvalue weighted by molar-refractivity contribution is 5.83. The van der Waals surface area contributed by atoms with E-state index in [2.05, 4.69) is 13.8 Å². The lowest BCUT2D eigenvalue weighted by Crippen LogP contribution is -2.63. The van der Waals surface area contributed by atoms with E-state index in [0.29, 0.717) is 41.9 Å². The normalized spacial score (nSPS) is 60.4. The fourth-order valence-electron chi connectivity index (χ4n) is 13.9. The van der Waals surface area contributed by atoms with E-state index < -0.39 is 10.8 Å². The van der Waals surface area contributed by atoms with Crippen LogP contribution in [-0.4, -0.2) is 23.1 Å². The highest BCUT2D eigenvalue weighted by Crippen LogP contribution is 2.68. The van der Waals surface area contributed by atoms with Gasteiger partial charge < -0.3 is 9.47 Å². The van der Waals surface area contributed by atoms with Gasteiger partial charge >= 0.3 is 11.9 Å². The molecule has 12 aliphatic rings. The molecule has 0 aromatic heterocycles. The topological polar surface area (TPSA) is 52.6 Å². The lowest BCUT2D eigenvalue weighted by Gasteiger charge is -2.63. The zero-order chi connectivity index (χ0) is 25.7. The Morgan fingerprint density at radius 3 is 1.08 bits per heavy atom. The predicted molar refractivity (Wildman–Crippen MR) is 143 cm³/mol. The molecule has 0 aromatic carbocycles. The Morgan fingerprint density at radius 2 is 0.763 bits per heavy atom. The standard InChI is InChI=1S/C34H48O4/c1-31(25-6-19-3-20(8-25)9-26(31)7-19)37-29(35)33-14-23-5-24(15-33)17-34(16-23,18-33)30(36)38-32(2)27-10-21-4-22(12-27)13-28(32)11-21/h19-28H,3-18H2,1-2H3. The molecule has 12 aliphatic carbocycles. The van der Waals surface area contributed by atoms with Crippen LogP contribution in [0.25, 0.3) is 0 Å². The third-order valence-electron chi connectivity index (χ3n) is 15.1. The van der Waals surface area contributed by atoms with Crippen LogP contribution in [0.3, 0.4) is 0 Å². The average Bonchev–Trinajstić information content (AvgIpc) is 2.84. The molecule has 0 unspecified atom stereocenters. The summed E-state index contributed by atoms with van der Waals surface area (Å²) in [5.41, 5.74) is -1.47. The van der Waals surface area contributed by atoms with E-state index in [1.165, 1.54) is 70.6 Å². The van der Waals surface area contributed by atoms with Gasteiger partial charge in [-0.25, -0.2) is 0 Å². The first kappa shape index (κ1) is 23.6. The van der Waals surface area contributed by atoms with E-state index in [0.717, 1.165) is 49.4 Å². The van der Waals surface area contributed by atoms with Crippen LogP contribution in [0.4, 0.5) is 0 Å². The predicted octanol–water partition coefficient (Wildman–Crippen LogP) is 7.09. The number of hydrogen-bond donors (Lipinski definition) is 0. The van der Waals surface area contributed by atoms with Crippen LogP contribution in [0, 0.1) is 70.0 Å². The van der Waals surface area contributed by atoms with Crippen molar-refractivity contribution in [2.75, 3.05) is 0 Å². The van der Waals surface area contributed by atoms with E-state index >= 15 is 0 Å². The van der Waals surface area contributed by atoms with Gasteiger partial charge in [-0.1, -0.05) is 0 Å². The zero-order valence-electron chi connectivity index (χ0n) is 23.7. The van der Waals surface area contributed by atoms with Crippen molar-refractivity contribution in [3.63, 3.8) is 0 Å². The second-order valence-corrected chi connectivity index (χ2v) is 17.3. The molecule has 0 atom stereocenters. The summed E-state index contributed by atoms with van der Waals surface area (Å²) in [6.45, 7) is 4.57. The molecule has 12 saturated carbocycles. The quantitative estimate of drug-likeness (QED) is 0.371. The summed E-state index contributed by atoms with van der Waals surface area (Å²) in [4.78, 5) is 28.7. The number of hydrogen-bond acceptors (Lipinski definition) is 4. The fourth-order valence-corrected chi connectivity index (χ4v) is 13.9. The molecular weight excluding hydrogens is 472 g/mol. The van der Waals surface area contributed by atoms with Crippen molar-refractivity contribution in [3.05, 3.63) is 0 Å². The van der Waals surface area contributed by atoms with Gasteiger partial charge in [0.25, 0.3) is 0 Å². The molecule has 38 heavy (non-hydrogen) atoms. The molecule has 0 N–H and O–H groups in total. The molecule has 0 spiro atoms. The van der Waals surface area contributed by atoms with Crippen molar-refractivity contribution < 1.29 is 19.1 Å². The first-order chi connectivity index (χ1) is 18.1. The van der Waals surface area contributed by atoms with Gasteiger partial charge in [-0.15, -0.1) is 0 Å². The summed E-state index contributed by atoms with van der Waals surface area (Å²) < 4.78 is 13.6. The molecule has 4 nitrogen and oxygen atoms in total. The van der Waals surface area contributed by atoms with Crippen molar-refractivity contribution in [1.82, 2.24) is 0 Å². The van der Waals surface area contributed by atoms with Crippen molar-refractivity contribution in [2.24, 2.45) is 70.0 Å². The number of ether oxygens (including phenoxy) is 2. The van der Waals surface area contributed by atoms with Gasteiger partial charge in [0.2, 0.25) is 0 Å². The van der Waals surface area contributed by atoms with Crippen molar-refractivity contribution in [1.29, 1.82) is 0 Å². The summed E-state index contributed by atoms with van der Waals surface area (Å²) >= 11 is 0. The molecule has 0 aromatic rings. The Bertz CT molecular complexity index is 922. The number of esters is 2. The molecule has 208 valence electrons. The van der Waals surface area contributed by atoms with Crippen LogP contribution in [0.2, 0.25) is 0 Å². The minimum absolute atomic E-state index is 0.0691. The smallest absolute Gasteiger partial charge is 0.312 e. The molecule has 0 radical (unpaired) electrons. The van der Waals surface area contributed by atoms with Gasteiger partial charge in [-0.05, 0) is 176 Å². The van der Waals surface area contributed by atoms with Crippen LogP contribution >= 0.6 is 0 Å². The SMILES string of the molecule is CC1(OC(=O)C23CC4CC(C2)CC(C(=O)OC2(C)C5CC6CC(C5)CC2C6)(C4)C3)C2CC3CC(C2)CC1C3. The largest absolute Gasteiger partial charge is 0.458 e. The second kappa shape index (κ2) is 7.41. The monoisotopic (exact) mass is 520 g/mol. The Labute approximate surface area is 228 Å². The molecule has 0 saturated heterocycles. The summed E-state index contributed by atoms with van der Waals surface area (Å²) in [7, 11) is 0. The number of rotatable bonds is 4. The second-order valence-electron chi connectivity index (χ2n) is 17.3. The van der Waals surface area contributed by atoms with E-state index in [1.807, 2.05) is 0 Å². The summed E-state index contributed by atoms with van der Waals surface area (Å²) in [5, 5.41) is 0. The lowest BCUT2D eigenvalue weighted by atomic mass is 9.44. The van der Waals surface area contributed by atoms with Gasteiger partial charge in [-0.2, -0.15) is 0 Å². The average molecular weight is 521 g/mol. The Kier molecular flexibility index (Phi) is 4.61. The maximum absolute atomic E-state index is 14.3. The lowest BCUT2D eigenvalue weighted by molar-refractivity contribution is -0.237. The third-order valence-corrected chi connectivity index (χ3v) is 15.1. The Hall–Kier alpha value is -1.06. The van der Waals surface area contributed by atoms with Gasteiger partial charge in [0.15, 0.2) is 0 Å². The fraction of sp³-hybridized carbons (Fsp3) is 0.941. The molecule has 0 aliphatic heterocycles. The minimum Gasteiger partial charge on any atom is -0.458 e. The van der Waals surface area contributed by atoms with Crippen molar-refractivity contribution >= 4 is 11.9 Å². The van der Waals surface area contributed by atoms with Gasteiger partial charge in [-0.3, -0.25) is 9.59 Å². The Balaban J connectivity index is 0.979. The van der Waals surface area contributed by atoms with Crippen LogP contribution < -0.4 is 0 Å². The van der Waals surface area contributed by atoms with Gasteiger partial charge in [0.1, 0.15) is 11.2 Å². The van der Waals surface area contributed by atoms with Crippen LogP contribution in [-0.2, 0) is 19.1 Å². The van der Waals surface area contributed by atoms with Crippen molar-refractivity contribution in [2.45, 2.75) is 128 Å². The van der Waals surface area contributed by atoms with Crippen LogP contribution in [0.1, 0.15) is 117 Å². The van der Waals surface area contributed by atoms with Crippen LogP contribution in [0.15, 0.2) is 0 Å². The first-order valence-electron chi connectivity index (χ1n) is 16.6. The van der Waals surface area contributed by atoms with Crippen molar-refractivity contribution in [3.8, 4) is 0 Å². The first-order valence-corrected chi connectivity index (χ1v) is 16.6. The highest BCUT2D eigenvalue weighted by Gasteiger charge is 2.67. The van der Waals surface area contributed by atoms with E-state index in [9.17, 15) is 9.59 Å². The molecule has 0 amide bonds. The van der Waals surface area contributed by atoms with Crippen LogP contribution in [0.5, 0.6) is 0 Å². The summed E-state index contributed by atoms with van der Waals surface area (Å²) in [5.74, 6) is 6.77. The minimum atomic E-state index is -0.453. The summed E-state index contributed by atoms with van der Waals surface area (Å²) in [6.07, 6.45) is 18.6. The third kappa shape index (κ3) is 3.05. The maximum Gasteiger partial charge on any atom is 0.312 e. The summed E-state index contributed by atoms with van der Waals surface area (Å²) in [6, 6.07) is 0. The van der Waals surface area contributed by atoms with Gasteiger partial charge in [0, 0.05) is 0 Å². The Morgan fingerprint density at radius 1 is 0.474 bits per heavy atom. The van der Waals surface area contributed by atoms with E-state index in [-0.39, 0.29) is 23.1 Å². The highest BCUT2D eigenvalue weighted by atomic mass is 16.6. The molecule has 4 heteroatoms. The number of carbonyl (C=O) groups excluding carboxylic acids is 2.